The summed E-state index contributed by atoms with van der Waals surface area (Å²) >= 11 is 0. The minimum atomic E-state index is -0.0990. The maximum absolute atomic E-state index is 13.6. The number of nitrogens with zero attached hydrogens (tertiary/aromatic N) is 6. The number of aromatic nitrogens is 6. The van der Waals surface area contributed by atoms with Crippen LogP contribution in [-0.4, -0.2) is 28.7 Å². The number of imidazole rings is 2. The van der Waals surface area contributed by atoms with Crippen LogP contribution in [0.2, 0.25) is 0 Å². The summed E-state index contributed by atoms with van der Waals surface area (Å²) in [6.45, 7) is 6.28. The van der Waals surface area contributed by atoms with Crippen molar-refractivity contribution in [1.29, 1.82) is 0 Å². The van der Waals surface area contributed by atoms with E-state index in [2.05, 4.69) is 47.6 Å². The second kappa shape index (κ2) is 7.80. The van der Waals surface area contributed by atoms with E-state index in [1.807, 2.05) is 47.4 Å². The van der Waals surface area contributed by atoms with Crippen LogP contribution >= 0.6 is 0 Å². The molecule has 1 aromatic carbocycles. The summed E-state index contributed by atoms with van der Waals surface area (Å²) in [5.74, 6) is 1.95. The molecule has 6 rings (SSSR count). The summed E-state index contributed by atoms with van der Waals surface area (Å²) in [5.41, 5.74) is 3.84. The molecule has 0 amide bonds. The Morgan fingerprint density at radius 1 is 1.06 bits per heavy atom. The first kappa shape index (κ1) is 20.6. The normalized spacial score (nSPS) is 13.8. The predicted octanol–water partition coefficient (Wildman–Crippen LogP) is 5.20. The minimum absolute atomic E-state index is 0.0990. The second-order valence-corrected chi connectivity index (χ2v) is 9.33. The Balaban J connectivity index is 1.45. The largest absolute Gasteiger partial charge is 0.327 e. The van der Waals surface area contributed by atoms with Gasteiger partial charge in [-0.2, -0.15) is 0 Å². The van der Waals surface area contributed by atoms with Crippen LogP contribution in [0.15, 0.2) is 72.3 Å². The molecule has 0 radical (unpaired) electrons. The highest BCUT2D eigenvalue weighted by Crippen LogP contribution is 2.39. The fraction of sp³-hybridized carbons (Fsp3) is 0.259. The van der Waals surface area contributed by atoms with E-state index >= 15 is 0 Å². The van der Waals surface area contributed by atoms with Gasteiger partial charge in [0, 0.05) is 42.1 Å². The Hall–Kier alpha value is -4.00. The van der Waals surface area contributed by atoms with Crippen molar-refractivity contribution in [2.45, 2.75) is 45.6 Å². The minimum Gasteiger partial charge on any atom is -0.327 e. The summed E-state index contributed by atoms with van der Waals surface area (Å²) in [5, 5.41) is 1.57. The van der Waals surface area contributed by atoms with Crippen LogP contribution in [0, 0.1) is 6.92 Å². The molecule has 0 aliphatic heterocycles. The van der Waals surface area contributed by atoms with E-state index in [0.717, 1.165) is 33.8 Å². The quantitative estimate of drug-likeness (QED) is 0.369. The van der Waals surface area contributed by atoms with Gasteiger partial charge in [-0.05, 0) is 74.9 Å². The lowest BCUT2D eigenvalue weighted by Crippen LogP contribution is -2.19. The third-order valence-electron chi connectivity index (χ3n) is 6.53. The van der Waals surface area contributed by atoms with Crippen molar-refractivity contribution in [1.82, 2.24) is 28.7 Å². The molecule has 1 aliphatic rings. The summed E-state index contributed by atoms with van der Waals surface area (Å²) < 4.78 is 5.71. The molecule has 1 aliphatic carbocycles. The smallest absolute Gasteiger partial charge is 0.264 e. The van der Waals surface area contributed by atoms with Gasteiger partial charge in [0.1, 0.15) is 11.5 Å². The summed E-state index contributed by atoms with van der Waals surface area (Å²) in [7, 11) is 0. The molecule has 0 unspecified atom stereocenters. The van der Waals surface area contributed by atoms with Crippen molar-refractivity contribution >= 4 is 10.8 Å². The molecule has 0 spiro atoms. The highest BCUT2D eigenvalue weighted by Gasteiger charge is 2.26. The average Bonchev–Trinajstić information content (AvgIpc) is 3.35. The second-order valence-electron chi connectivity index (χ2n) is 9.33. The van der Waals surface area contributed by atoms with Crippen LogP contribution in [0.1, 0.15) is 49.9 Å². The average molecular weight is 451 g/mol. The molecule has 4 aromatic heterocycles. The first-order chi connectivity index (χ1) is 16.5. The van der Waals surface area contributed by atoms with E-state index in [1.54, 1.807) is 17.0 Å². The van der Waals surface area contributed by atoms with Crippen LogP contribution in [0.25, 0.3) is 33.8 Å². The molecule has 1 saturated carbocycles. The molecule has 0 atom stereocenters. The molecular formula is C27H26N6O. The van der Waals surface area contributed by atoms with E-state index in [1.165, 1.54) is 12.8 Å². The Morgan fingerprint density at radius 2 is 1.91 bits per heavy atom. The number of pyridine rings is 2. The van der Waals surface area contributed by atoms with E-state index in [4.69, 9.17) is 4.98 Å². The van der Waals surface area contributed by atoms with Crippen LogP contribution in [-0.2, 0) is 0 Å². The van der Waals surface area contributed by atoms with E-state index in [0.29, 0.717) is 17.1 Å². The standard InChI is InChI=1S/C27H26N6O/c1-17(2)32-12-10-28-26(32)22-5-4-6-25(30-22)33-11-9-20-13-18(3)24(14-21(20)27(33)34)31-15-23(29-16-31)19-7-8-19/h4-6,9-17,19H,7-8H2,1-3H3. The predicted molar refractivity (Wildman–Crippen MR) is 133 cm³/mol. The highest BCUT2D eigenvalue weighted by molar-refractivity contribution is 5.85. The molecule has 34 heavy (non-hydrogen) atoms. The Labute approximate surface area is 197 Å². The van der Waals surface area contributed by atoms with E-state index in [9.17, 15) is 4.79 Å². The number of benzene rings is 1. The number of fused-ring (bicyclic) bond motifs is 1. The van der Waals surface area contributed by atoms with Gasteiger partial charge in [-0.1, -0.05) is 6.07 Å². The molecule has 7 heteroatoms. The van der Waals surface area contributed by atoms with Gasteiger partial charge in [-0.25, -0.2) is 15.0 Å². The van der Waals surface area contributed by atoms with Gasteiger partial charge in [-0.15, -0.1) is 0 Å². The molecule has 5 aromatic rings. The maximum Gasteiger partial charge on any atom is 0.264 e. The third kappa shape index (κ3) is 3.44. The lowest BCUT2D eigenvalue weighted by atomic mass is 10.1. The molecule has 1 fully saturated rings. The number of hydrogen-bond donors (Lipinski definition) is 0. The maximum atomic E-state index is 13.6. The van der Waals surface area contributed by atoms with Gasteiger partial charge < -0.3 is 9.13 Å². The first-order valence-electron chi connectivity index (χ1n) is 11.7. The molecule has 170 valence electrons. The van der Waals surface area contributed by atoms with E-state index < -0.39 is 0 Å². The highest BCUT2D eigenvalue weighted by atomic mass is 16.1. The van der Waals surface area contributed by atoms with Crippen LogP contribution in [0.3, 0.4) is 0 Å². The topological polar surface area (TPSA) is 70.5 Å². The molecule has 4 heterocycles. The number of aryl methyl sites for hydroxylation is 1. The zero-order valence-corrected chi connectivity index (χ0v) is 19.5. The van der Waals surface area contributed by atoms with Gasteiger partial charge in [0.05, 0.1) is 17.7 Å². The summed E-state index contributed by atoms with van der Waals surface area (Å²) in [4.78, 5) is 27.5. The fourth-order valence-corrected chi connectivity index (χ4v) is 4.52. The molecular weight excluding hydrogens is 424 g/mol. The summed E-state index contributed by atoms with van der Waals surface area (Å²) in [6, 6.07) is 12.0. The first-order valence-corrected chi connectivity index (χ1v) is 11.7. The van der Waals surface area contributed by atoms with Gasteiger partial charge in [0.25, 0.3) is 5.56 Å². The third-order valence-corrected chi connectivity index (χ3v) is 6.53. The van der Waals surface area contributed by atoms with E-state index in [-0.39, 0.29) is 11.6 Å². The molecule has 7 nitrogen and oxygen atoms in total. The van der Waals surface area contributed by atoms with Crippen LogP contribution in [0.5, 0.6) is 0 Å². The van der Waals surface area contributed by atoms with Gasteiger partial charge >= 0.3 is 0 Å². The van der Waals surface area contributed by atoms with Gasteiger partial charge in [0.15, 0.2) is 5.82 Å². The van der Waals surface area contributed by atoms with Crippen molar-refractivity contribution in [2.24, 2.45) is 0 Å². The monoisotopic (exact) mass is 450 g/mol. The van der Waals surface area contributed by atoms with Crippen LogP contribution in [0.4, 0.5) is 0 Å². The SMILES string of the molecule is Cc1cc2ccn(-c3cccc(-c4nccn4C(C)C)n3)c(=O)c2cc1-n1cnc(C2CC2)c1. The lowest BCUT2D eigenvalue weighted by Gasteiger charge is -2.13. The summed E-state index contributed by atoms with van der Waals surface area (Å²) in [6.07, 6.45) is 11.9. The molecule has 0 N–H and O–H groups in total. The van der Waals surface area contributed by atoms with Crippen molar-refractivity contribution in [3.63, 3.8) is 0 Å². The number of hydrogen-bond acceptors (Lipinski definition) is 4. The zero-order valence-electron chi connectivity index (χ0n) is 19.5. The van der Waals surface area contributed by atoms with Crippen molar-refractivity contribution in [3.05, 3.63) is 89.1 Å². The number of rotatable bonds is 5. The van der Waals surface area contributed by atoms with Crippen molar-refractivity contribution in [2.75, 3.05) is 0 Å². The fourth-order valence-electron chi connectivity index (χ4n) is 4.52. The van der Waals surface area contributed by atoms with Gasteiger partial charge in [-0.3, -0.25) is 9.36 Å². The Bertz CT molecular complexity index is 1580. The van der Waals surface area contributed by atoms with Gasteiger partial charge in [0.2, 0.25) is 0 Å². The molecule has 0 bridgehead atoms. The Morgan fingerprint density at radius 3 is 2.71 bits per heavy atom. The zero-order chi connectivity index (χ0) is 23.4. The lowest BCUT2D eigenvalue weighted by molar-refractivity contribution is 0.605. The van der Waals surface area contributed by atoms with Crippen molar-refractivity contribution in [3.8, 4) is 23.0 Å². The molecule has 0 saturated heterocycles. The Kier molecular flexibility index (Phi) is 4.72. The van der Waals surface area contributed by atoms with Crippen LogP contribution < -0.4 is 5.56 Å². The van der Waals surface area contributed by atoms with Crippen molar-refractivity contribution < 1.29 is 0 Å².